The Labute approximate surface area is 206 Å². The van der Waals surface area contributed by atoms with Gasteiger partial charge in [-0.3, -0.25) is 14.4 Å². The zero-order valence-electron chi connectivity index (χ0n) is 20.5. The summed E-state index contributed by atoms with van der Waals surface area (Å²) in [4.78, 5) is 42.0. The van der Waals surface area contributed by atoms with Crippen LogP contribution in [0.2, 0.25) is 0 Å². The van der Waals surface area contributed by atoms with Gasteiger partial charge in [0.25, 0.3) is 5.91 Å². The minimum Gasteiger partial charge on any atom is -0.490 e. The van der Waals surface area contributed by atoms with E-state index in [1.54, 1.807) is 30.1 Å². The maximum atomic E-state index is 13.3. The van der Waals surface area contributed by atoms with E-state index in [1.165, 1.54) is 12.8 Å². The molecule has 3 atom stereocenters. The van der Waals surface area contributed by atoms with Crippen molar-refractivity contribution in [2.45, 2.75) is 63.2 Å². The molecule has 1 aromatic rings. The Morgan fingerprint density at radius 2 is 1.91 bits per heavy atom. The third-order valence-electron chi connectivity index (χ3n) is 7.59. The van der Waals surface area contributed by atoms with Crippen LogP contribution in [0.3, 0.4) is 0 Å². The summed E-state index contributed by atoms with van der Waals surface area (Å²) in [6.07, 6.45) is 5.62. The molecular formula is C26H36N4O5. The van der Waals surface area contributed by atoms with Gasteiger partial charge >= 0.3 is 0 Å². The molecule has 5 rings (SSSR count). The minimum absolute atomic E-state index is 0.00406. The standard InChI is InChI=1S/C26H36N4O5/c1-29-21-8-7-19(15-24(31)27-10-13-30-11-2-3-12-30)35-23(21)16-34-22-9-6-18(14-20(22)26(29)33)28-25(32)17-4-5-17/h6,9,14,17,19,21,23H,2-5,7-8,10-13,15-16H2,1H3,(H,27,31)(H,28,32)/t19-,21-,23-/m0/s1. The van der Waals surface area contributed by atoms with Gasteiger partial charge in [0.2, 0.25) is 11.8 Å². The lowest BCUT2D eigenvalue weighted by molar-refractivity contribution is -0.134. The van der Waals surface area contributed by atoms with Gasteiger partial charge in [-0.2, -0.15) is 0 Å². The molecule has 2 saturated heterocycles. The SMILES string of the molecule is CN1C(=O)c2cc(NC(=O)C3CC3)ccc2OC[C@@H]2O[C@H](CC(=O)NCCN3CCCC3)CC[C@@H]21. The summed E-state index contributed by atoms with van der Waals surface area (Å²) in [6, 6.07) is 5.07. The summed E-state index contributed by atoms with van der Waals surface area (Å²) in [5.74, 6) is 0.431. The summed E-state index contributed by atoms with van der Waals surface area (Å²) in [7, 11) is 1.79. The van der Waals surface area contributed by atoms with Crippen molar-refractivity contribution in [2.75, 3.05) is 45.2 Å². The van der Waals surface area contributed by atoms with Crippen LogP contribution < -0.4 is 15.4 Å². The van der Waals surface area contributed by atoms with Crippen LogP contribution in [0.15, 0.2) is 18.2 Å². The fraction of sp³-hybridized carbons (Fsp3) is 0.654. The molecule has 3 heterocycles. The van der Waals surface area contributed by atoms with Gasteiger partial charge in [-0.1, -0.05) is 0 Å². The smallest absolute Gasteiger partial charge is 0.257 e. The Kier molecular flexibility index (Phi) is 7.24. The molecule has 0 spiro atoms. The van der Waals surface area contributed by atoms with Crippen LogP contribution >= 0.6 is 0 Å². The molecule has 35 heavy (non-hydrogen) atoms. The summed E-state index contributed by atoms with van der Waals surface area (Å²) in [5, 5.41) is 5.93. The highest BCUT2D eigenvalue weighted by molar-refractivity contribution is 6.00. The fourth-order valence-electron chi connectivity index (χ4n) is 5.33. The largest absolute Gasteiger partial charge is 0.490 e. The van der Waals surface area contributed by atoms with Crippen LogP contribution in [0.25, 0.3) is 0 Å². The molecule has 0 radical (unpaired) electrons. The Hall–Kier alpha value is -2.65. The number of ether oxygens (including phenoxy) is 2. The normalized spacial score (nSPS) is 26.7. The average molecular weight is 485 g/mol. The molecule has 0 unspecified atom stereocenters. The second-order valence-corrected chi connectivity index (χ2v) is 10.2. The molecule has 2 N–H and O–H groups in total. The van der Waals surface area contributed by atoms with Gasteiger partial charge in [-0.15, -0.1) is 0 Å². The molecule has 3 amide bonds. The van der Waals surface area contributed by atoms with Crippen LogP contribution in [-0.4, -0.2) is 85.6 Å². The number of anilines is 1. The minimum atomic E-state index is -0.303. The van der Waals surface area contributed by atoms with Gasteiger partial charge < -0.3 is 29.9 Å². The maximum Gasteiger partial charge on any atom is 0.257 e. The Morgan fingerprint density at radius 3 is 2.69 bits per heavy atom. The van der Waals surface area contributed by atoms with Crippen molar-refractivity contribution in [1.29, 1.82) is 0 Å². The first-order valence-corrected chi connectivity index (χ1v) is 13.0. The zero-order chi connectivity index (χ0) is 24.4. The first-order valence-electron chi connectivity index (χ1n) is 13.0. The summed E-state index contributed by atoms with van der Waals surface area (Å²) in [5.41, 5.74) is 1.05. The molecule has 0 bridgehead atoms. The van der Waals surface area contributed by atoms with Gasteiger partial charge in [0.1, 0.15) is 18.5 Å². The molecule has 1 saturated carbocycles. The highest BCUT2D eigenvalue weighted by Crippen LogP contribution is 2.34. The number of hydrogen-bond acceptors (Lipinski definition) is 6. The lowest BCUT2D eigenvalue weighted by atomic mass is 9.94. The first kappa shape index (κ1) is 24.1. The van der Waals surface area contributed by atoms with E-state index >= 15 is 0 Å². The van der Waals surface area contributed by atoms with Crippen molar-refractivity contribution in [3.8, 4) is 5.75 Å². The second kappa shape index (κ2) is 10.5. The van der Waals surface area contributed by atoms with Gasteiger partial charge in [-0.25, -0.2) is 0 Å². The number of hydrogen-bond donors (Lipinski definition) is 2. The van der Waals surface area contributed by atoms with E-state index in [0.29, 0.717) is 43.0 Å². The zero-order valence-corrected chi connectivity index (χ0v) is 20.5. The number of likely N-dealkylation sites (N-methyl/N-ethyl adjacent to an activating group) is 1. The topological polar surface area (TPSA) is 100 Å². The van der Waals surface area contributed by atoms with Crippen LogP contribution in [0.1, 0.15) is 55.3 Å². The molecule has 9 nitrogen and oxygen atoms in total. The Morgan fingerprint density at radius 1 is 1.11 bits per heavy atom. The number of amides is 3. The predicted octanol–water partition coefficient (Wildman–Crippen LogP) is 2.02. The van der Waals surface area contributed by atoms with E-state index in [-0.39, 0.29) is 41.9 Å². The number of benzene rings is 1. The molecule has 190 valence electrons. The van der Waals surface area contributed by atoms with Crippen molar-refractivity contribution in [3.05, 3.63) is 23.8 Å². The molecule has 3 aliphatic heterocycles. The molecule has 1 aromatic carbocycles. The summed E-state index contributed by atoms with van der Waals surface area (Å²) >= 11 is 0. The van der Waals surface area contributed by atoms with Gasteiger partial charge in [0.05, 0.1) is 24.1 Å². The summed E-state index contributed by atoms with van der Waals surface area (Å²) in [6.45, 7) is 4.11. The first-order chi connectivity index (χ1) is 17.0. The quantitative estimate of drug-likeness (QED) is 0.614. The number of carbonyl (C=O) groups excluding carboxylic acids is 3. The number of nitrogens with zero attached hydrogens (tertiary/aromatic N) is 2. The maximum absolute atomic E-state index is 13.3. The monoisotopic (exact) mass is 484 g/mol. The van der Waals surface area contributed by atoms with Crippen molar-refractivity contribution < 1.29 is 23.9 Å². The van der Waals surface area contributed by atoms with Crippen molar-refractivity contribution >= 4 is 23.4 Å². The van der Waals surface area contributed by atoms with Gasteiger partial charge in [-0.05, 0) is 69.8 Å². The van der Waals surface area contributed by atoms with Crippen LogP contribution in [0.4, 0.5) is 5.69 Å². The van der Waals surface area contributed by atoms with Crippen molar-refractivity contribution in [2.24, 2.45) is 5.92 Å². The lowest BCUT2D eigenvalue weighted by Crippen LogP contribution is -2.54. The van der Waals surface area contributed by atoms with E-state index in [4.69, 9.17) is 9.47 Å². The molecular weight excluding hydrogens is 448 g/mol. The van der Waals surface area contributed by atoms with E-state index in [9.17, 15) is 14.4 Å². The third-order valence-corrected chi connectivity index (χ3v) is 7.59. The van der Waals surface area contributed by atoms with E-state index in [0.717, 1.165) is 38.9 Å². The highest BCUT2D eigenvalue weighted by atomic mass is 16.5. The van der Waals surface area contributed by atoms with E-state index < -0.39 is 0 Å². The van der Waals surface area contributed by atoms with Crippen LogP contribution in [0.5, 0.6) is 5.75 Å². The lowest BCUT2D eigenvalue weighted by Gasteiger charge is -2.42. The fourth-order valence-corrected chi connectivity index (χ4v) is 5.33. The molecule has 1 aliphatic carbocycles. The number of likely N-dealkylation sites (tertiary alicyclic amines) is 1. The number of carbonyl (C=O) groups is 3. The average Bonchev–Trinajstić information content (AvgIpc) is 3.58. The Bertz CT molecular complexity index is 959. The van der Waals surface area contributed by atoms with Crippen molar-refractivity contribution in [1.82, 2.24) is 15.1 Å². The summed E-state index contributed by atoms with van der Waals surface area (Å²) < 4.78 is 12.3. The number of rotatable bonds is 7. The van der Waals surface area contributed by atoms with E-state index in [1.807, 2.05) is 0 Å². The van der Waals surface area contributed by atoms with Gasteiger partial charge in [0.15, 0.2) is 0 Å². The van der Waals surface area contributed by atoms with Crippen LogP contribution in [0, 0.1) is 5.92 Å². The molecule has 3 fully saturated rings. The molecule has 4 aliphatic rings. The number of nitrogens with one attached hydrogen (secondary N) is 2. The van der Waals surface area contributed by atoms with Crippen molar-refractivity contribution in [3.63, 3.8) is 0 Å². The molecule has 0 aromatic heterocycles. The molecule has 9 heteroatoms. The highest BCUT2D eigenvalue weighted by Gasteiger charge is 2.39. The van der Waals surface area contributed by atoms with Crippen LogP contribution in [-0.2, 0) is 14.3 Å². The Balaban J connectivity index is 1.17. The van der Waals surface area contributed by atoms with E-state index in [2.05, 4.69) is 15.5 Å². The number of fused-ring (bicyclic) bond motifs is 2. The third kappa shape index (κ3) is 5.78. The predicted molar refractivity (Wildman–Crippen MR) is 130 cm³/mol. The van der Waals surface area contributed by atoms with Gasteiger partial charge in [0, 0.05) is 31.7 Å². The second-order valence-electron chi connectivity index (χ2n) is 10.2.